The number of hydrogen-bond acceptors (Lipinski definition) is 4. The van der Waals surface area contributed by atoms with Gasteiger partial charge in [0.1, 0.15) is 0 Å². The molecular weight excluding hydrogens is 572 g/mol. The highest BCUT2D eigenvalue weighted by molar-refractivity contribution is 7.92. The molecule has 0 spiro atoms. The Morgan fingerprint density at radius 3 is 2.24 bits per heavy atom. The summed E-state index contributed by atoms with van der Waals surface area (Å²) in [6, 6.07) is 30.0. The van der Waals surface area contributed by atoms with Gasteiger partial charge < -0.3 is 9.88 Å². The molecule has 10 heteroatoms. The van der Waals surface area contributed by atoms with Gasteiger partial charge in [0.25, 0.3) is 15.9 Å². The fourth-order valence-corrected chi connectivity index (χ4v) is 7.23. The second-order valence-electron chi connectivity index (χ2n) is 10.3. The van der Waals surface area contributed by atoms with Crippen LogP contribution in [-0.2, 0) is 16.6 Å². The van der Waals surface area contributed by atoms with Crippen LogP contribution >= 0.6 is 11.6 Å². The molecule has 0 atom stereocenters. The van der Waals surface area contributed by atoms with Crippen LogP contribution in [0.2, 0.25) is 5.02 Å². The Bertz CT molecular complexity index is 1900. The molecule has 1 N–H and O–H groups in total. The smallest absolute Gasteiger partial charge is 0.326 e. The zero-order chi connectivity index (χ0) is 29.3. The molecule has 1 aliphatic rings. The summed E-state index contributed by atoms with van der Waals surface area (Å²) in [6.07, 6.45) is 1.17. The third-order valence-electron chi connectivity index (χ3n) is 7.71. The molecule has 4 aromatic carbocycles. The predicted octanol–water partition coefficient (Wildman–Crippen LogP) is 5.86. The van der Waals surface area contributed by atoms with Crippen LogP contribution < -0.4 is 9.99 Å². The van der Waals surface area contributed by atoms with Gasteiger partial charge in [0.05, 0.1) is 38.7 Å². The zero-order valence-electron chi connectivity index (χ0n) is 22.7. The number of nitrogens with one attached hydrogen (secondary N) is 1. The lowest BCUT2D eigenvalue weighted by atomic mass is 10.0. The molecular formula is C32H29ClN4O4S. The first kappa shape index (κ1) is 27.8. The summed E-state index contributed by atoms with van der Waals surface area (Å²) < 4.78 is 31.2. The fourth-order valence-electron chi connectivity index (χ4n) is 5.55. The Hall–Kier alpha value is -4.34. The third kappa shape index (κ3) is 5.33. The number of amides is 1. The van der Waals surface area contributed by atoms with Crippen molar-refractivity contribution in [2.75, 3.05) is 17.4 Å². The van der Waals surface area contributed by atoms with Gasteiger partial charge in [-0.1, -0.05) is 72.3 Å². The molecule has 2 heterocycles. The summed E-state index contributed by atoms with van der Waals surface area (Å²) in [5.74, 6) is -0.337. The molecule has 0 bridgehead atoms. The van der Waals surface area contributed by atoms with Crippen LogP contribution in [0.3, 0.4) is 0 Å². The Balaban J connectivity index is 1.26. The second kappa shape index (κ2) is 11.5. The van der Waals surface area contributed by atoms with E-state index in [1.807, 2.05) is 60.7 Å². The van der Waals surface area contributed by atoms with E-state index >= 15 is 0 Å². The summed E-state index contributed by atoms with van der Waals surface area (Å²) >= 11 is 6.48. The number of halogens is 1. The Kier molecular flexibility index (Phi) is 7.62. The molecule has 0 saturated carbocycles. The molecule has 1 aliphatic heterocycles. The van der Waals surface area contributed by atoms with Crippen molar-refractivity contribution in [3.8, 4) is 0 Å². The number of para-hydroxylation sites is 3. The number of piperidine rings is 1. The molecule has 5 aromatic rings. The molecule has 42 heavy (non-hydrogen) atoms. The van der Waals surface area contributed by atoms with E-state index in [2.05, 4.69) is 4.98 Å². The standard InChI is InChI=1S/C32H29ClN4O4S/c33-28-16-15-26(42(40,41)36(24-11-5-2-6-12-24)22-23-9-3-1-4-10-23)21-27(28)31(38)35-19-17-25(18-20-35)37-30-14-8-7-13-29(30)34-32(37)39/h1-16,21,25H,17-20,22H2,(H,34,39). The van der Waals surface area contributed by atoms with E-state index in [4.69, 9.17) is 11.6 Å². The summed E-state index contributed by atoms with van der Waals surface area (Å²) in [5, 5.41) is 0.184. The van der Waals surface area contributed by atoms with Gasteiger partial charge in [0, 0.05) is 19.1 Å². The van der Waals surface area contributed by atoms with E-state index in [1.54, 1.807) is 33.7 Å². The van der Waals surface area contributed by atoms with Crippen molar-refractivity contribution in [1.82, 2.24) is 14.5 Å². The van der Waals surface area contributed by atoms with E-state index in [9.17, 15) is 18.0 Å². The number of imidazole rings is 1. The monoisotopic (exact) mass is 600 g/mol. The van der Waals surface area contributed by atoms with Crippen LogP contribution in [0.1, 0.15) is 34.8 Å². The number of aromatic nitrogens is 2. The maximum absolute atomic E-state index is 14.0. The van der Waals surface area contributed by atoms with Crippen LogP contribution in [0.4, 0.5) is 5.69 Å². The van der Waals surface area contributed by atoms with Crippen molar-refractivity contribution in [1.29, 1.82) is 0 Å². The molecule has 1 amide bonds. The predicted molar refractivity (Wildman–Crippen MR) is 164 cm³/mol. The van der Waals surface area contributed by atoms with Gasteiger partial charge in [-0.3, -0.25) is 13.7 Å². The van der Waals surface area contributed by atoms with Gasteiger partial charge in [0.15, 0.2) is 0 Å². The average Bonchev–Trinajstić information content (AvgIpc) is 3.36. The van der Waals surface area contributed by atoms with Crippen molar-refractivity contribution in [2.45, 2.75) is 30.3 Å². The lowest BCUT2D eigenvalue weighted by molar-refractivity contribution is 0.0695. The summed E-state index contributed by atoms with van der Waals surface area (Å²) in [4.78, 5) is 30.9. The molecule has 6 rings (SSSR count). The normalized spacial score (nSPS) is 14.3. The van der Waals surface area contributed by atoms with Crippen molar-refractivity contribution >= 4 is 44.3 Å². The minimum absolute atomic E-state index is 0.0183. The number of aromatic amines is 1. The number of rotatable bonds is 7. The largest absolute Gasteiger partial charge is 0.338 e. The first-order chi connectivity index (χ1) is 20.3. The number of H-pyrrole nitrogens is 1. The fraction of sp³-hybridized carbons (Fsp3) is 0.188. The van der Waals surface area contributed by atoms with Crippen molar-refractivity contribution in [3.63, 3.8) is 0 Å². The van der Waals surface area contributed by atoms with Gasteiger partial charge in [-0.15, -0.1) is 0 Å². The number of nitrogens with zero attached hydrogens (tertiary/aromatic N) is 3. The van der Waals surface area contributed by atoms with Crippen molar-refractivity contribution in [3.05, 3.63) is 130 Å². The van der Waals surface area contributed by atoms with Crippen LogP contribution in [0.5, 0.6) is 0 Å². The molecule has 1 aromatic heterocycles. The van der Waals surface area contributed by atoms with Gasteiger partial charge >= 0.3 is 5.69 Å². The van der Waals surface area contributed by atoms with Crippen LogP contribution in [0.25, 0.3) is 11.0 Å². The number of hydrogen-bond donors (Lipinski definition) is 1. The lowest BCUT2D eigenvalue weighted by Gasteiger charge is -2.33. The number of likely N-dealkylation sites (tertiary alicyclic amines) is 1. The second-order valence-corrected chi connectivity index (χ2v) is 12.6. The number of benzene rings is 4. The number of carbonyl (C=O) groups excluding carboxylic acids is 1. The molecule has 0 unspecified atom stereocenters. The highest BCUT2D eigenvalue weighted by atomic mass is 35.5. The Morgan fingerprint density at radius 2 is 1.52 bits per heavy atom. The van der Waals surface area contributed by atoms with Crippen molar-refractivity contribution in [2.24, 2.45) is 0 Å². The van der Waals surface area contributed by atoms with E-state index in [1.165, 1.54) is 22.5 Å². The minimum atomic E-state index is -4.06. The molecule has 8 nitrogen and oxygen atoms in total. The molecule has 1 saturated heterocycles. The highest BCUT2D eigenvalue weighted by Gasteiger charge is 2.30. The minimum Gasteiger partial charge on any atom is -0.338 e. The van der Waals surface area contributed by atoms with Gasteiger partial charge in [-0.25, -0.2) is 13.2 Å². The maximum Gasteiger partial charge on any atom is 0.326 e. The summed E-state index contributed by atoms with van der Waals surface area (Å²) in [5.41, 5.74) is 2.93. The number of anilines is 1. The Labute approximate surface area is 248 Å². The highest BCUT2D eigenvalue weighted by Crippen LogP contribution is 2.31. The molecule has 214 valence electrons. The number of carbonyl (C=O) groups is 1. The SMILES string of the molecule is O=C(c1cc(S(=O)(=O)N(Cc2ccccc2)c2ccccc2)ccc1Cl)N1CCC(n2c(=O)[nH]c3ccccc32)CC1. The summed E-state index contributed by atoms with van der Waals surface area (Å²) in [6.45, 7) is 0.944. The molecule has 0 aliphatic carbocycles. The molecule has 1 fully saturated rings. The zero-order valence-corrected chi connectivity index (χ0v) is 24.3. The third-order valence-corrected chi connectivity index (χ3v) is 9.81. The van der Waals surface area contributed by atoms with E-state index in [0.29, 0.717) is 31.6 Å². The van der Waals surface area contributed by atoms with Gasteiger partial charge in [0.2, 0.25) is 0 Å². The van der Waals surface area contributed by atoms with E-state index < -0.39 is 10.0 Å². The van der Waals surface area contributed by atoms with Gasteiger partial charge in [-0.2, -0.15) is 0 Å². The van der Waals surface area contributed by atoms with Crippen LogP contribution in [0.15, 0.2) is 113 Å². The number of fused-ring (bicyclic) bond motifs is 1. The lowest BCUT2D eigenvalue weighted by Crippen LogP contribution is -2.40. The molecule has 0 radical (unpaired) electrons. The van der Waals surface area contributed by atoms with Crippen LogP contribution in [0, 0.1) is 0 Å². The average molecular weight is 601 g/mol. The first-order valence-electron chi connectivity index (χ1n) is 13.7. The van der Waals surface area contributed by atoms with Crippen LogP contribution in [-0.4, -0.2) is 41.9 Å². The van der Waals surface area contributed by atoms with Gasteiger partial charge in [-0.05, 0) is 60.9 Å². The van der Waals surface area contributed by atoms with Crippen molar-refractivity contribution < 1.29 is 13.2 Å². The van der Waals surface area contributed by atoms with E-state index in [0.717, 1.165) is 16.6 Å². The summed E-state index contributed by atoms with van der Waals surface area (Å²) in [7, 11) is -4.06. The topological polar surface area (TPSA) is 95.5 Å². The Morgan fingerprint density at radius 1 is 0.881 bits per heavy atom. The quantitative estimate of drug-likeness (QED) is 0.253. The maximum atomic E-state index is 14.0. The first-order valence-corrected chi connectivity index (χ1v) is 15.5. The number of sulfonamides is 1. The van der Waals surface area contributed by atoms with E-state index in [-0.39, 0.29) is 39.7 Å².